The number of nitrogens with two attached hydrogens (primary N) is 1. The van der Waals surface area contributed by atoms with Crippen LogP contribution in [0.4, 0.5) is 0 Å². The number of hydrogen-bond acceptors (Lipinski definition) is 6. The Morgan fingerprint density at radius 1 is 1.55 bits per heavy atom. The maximum absolute atomic E-state index is 11.9. The van der Waals surface area contributed by atoms with Crippen molar-refractivity contribution in [2.24, 2.45) is 5.73 Å². The van der Waals surface area contributed by atoms with Gasteiger partial charge in [0.1, 0.15) is 18.1 Å². The van der Waals surface area contributed by atoms with Crippen molar-refractivity contribution in [2.75, 3.05) is 20.3 Å². The van der Waals surface area contributed by atoms with E-state index < -0.39 is 6.04 Å². The van der Waals surface area contributed by atoms with E-state index in [0.29, 0.717) is 13.0 Å². The molecule has 1 unspecified atom stereocenters. The van der Waals surface area contributed by atoms with Gasteiger partial charge in [0.25, 0.3) is 5.91 Å². The molecule has 0 saturated heterocycles. The maximum atomic E-state index is 11.9. The number of carbonyl (C=O) groups is 1. The van der Waals surface area contributed by atoms with Gasteiger partial charge in [-0.15, -0.1) is 0 Å². The van der Waals surface area contributed by atoms with Gasteiger partial charge in [0.05, 0.1) is 13.7 Å². The van der Waals surface area contributed by atoms with Gasteiger partial charge >= 0.3 is 0 Å². The number of amides is 1. The molecule has 22 heavy (non-hydrogen) atoms. The summed E-state index contributed by atoms with van der Waals surface area (Å²) in [6.07, 6.45) is 1.90. The fourth-order valence-corrected chi connectivity index (χ4v) is 1.88. The number of hydrogen-bond donors (Lipinski definition) is 3. The highest BCUT2D eigenvalue weighted by Crippen LogP contribution is 2.13. The van der Waals surface area contributed by atoms with Crippen LogP contribution in [0.15, 0.2) is 34.9 Å². The molecule has 0 saturated carbocycles. The molecule has 7 heteroatoms. The molecular formula is C15H19N3O4. The van der Waals surface area contributed by atoms with Crippen molar-refractivity contribution < 1.29 is 19.1 Å². The molecule has 0 radical (unpaired) electrons. The summed E-state index contributed by atoms with van der Waals surface area (Å²) in [6, 6.07) is 6.92. The van der Waals surface area contributed by atoms with Crippen molar-refractivity contribution in [3.05, 3.63) is 47.7 Å². The Hall–Kier alpha value is -2.38. The Bertz CT molecular complexity index is 627. The van der Waals surface area contributed by atoms with Crippen LogP contribution in [0.1, 0.15) is 28.0 Å². The van der Waals surface area contributed by atoms with Crippen LogP contribution in [-0.4, -0.2) is 36.3 Å². The maximum Gasteiger partial charge on any atom is 0.273 e. The first kappa shape index (κ1) is 16.0. The Balaban J connectivity index is 1.86. The fourth-order valence-electron chi connectivity index (χ4n) is 1.88. The zero-order valence-corrected chi connectivity index (χ0v) is 12.3. The number of methoxy groups -OCH3 is 1. The molecule has 0 spiro atoms. The number of carbonyl (C=O) groups excluding carboxylic acids is 1. The number of aromatic nitrogens is 1. The van der Waals surface area contributed by atoms with Crippen LogP contribution < -0.4 is 15.8 Å². The van der Waals surface area contributed by atoms with Crippen molar-refractivity contribution in [1.29, 1.82) is 0 Å². The van der Waals surface area contributed by atoms with Crippen LogP contribution in [0.2, 0.25) is 0 Å². The normalized spacial score (nSPS) is 12.0. The first-order valence-electron chi connectivity index (χ1n) is 6.87. The van der Waals surface area contributed by atoms with Crippen LogP contribution in [0.3, 0.4) is 0 Å². The number of nitrogens with one attached hydrogen (secondary N) is 1. The van der Waals surface area contributed by atoms with Crippen LogP contribution in [-0.2, 0) is 6.42 Å². The summed E-state index contributed by atoms with van der Waals surface area (Å²) in [4.78, 5) is 15.9. The van der Waals surface area contributed by atoms with E-state index in [-0.39, 0.29) is 24.1 Å². The summed E-state index contributed by atoms with van der Waals surface area (Å²) in [5.74, 6) is 0.575. The van der Waals surface area contributed by atoms with Gasteiger partial charge in [-0.1, -0.05) is 12.1 Å². The molecule has 1 aromatic carbocycles. The Labute approximate surface area is 128 Å². The third kappa shape index (κ3) is 4.06. The third-order valence-corrected chi connectivity index (χ3v) is 3.10. The summed E-state index contributed by atoms with van der Waals surface area (Å²) in [5.41, 5.74) is 6.76. The fraction of sp³-hybridized carbons (Fsp3) is 0.333. The summed E-state index contributed by atoms with van der Waals surface area (Å²) >= 11 is 0. The van der Waals surface area contributed by atoms with Crippen LogP contribution >= 0.6 is 0 Å². The van der Waals surface area contributed by atoms with E-state index in [1.54, 1.807) is 7.11 Å². The standard InChI is InChI=1S/C15H19N3O4/c1-21-11-4-2-3-10(7-11)5-6-17-14(20)13-9-22-15(18-13)12(16)8-19/h2-4,7,9,12,19H,5-6,8,16H2,1H3,(H,17,20). The lowest BCUT2D eigenvalue weighted by molar-refractivity contribution is 0.0949. The zero-order chi connectivity index (χ0) is 15.9. The smallest absolute Gasteiger partial charge is 0.273 e. The molecule has 2 aromatic rings. The molecule has 0 aliphatic carbocycles. The largest absolute Gasteiger partial charge is 0.497 e. The minimum atomic E-state index is -0.724. The quantitative estimate of drug-likeness (QED) is 0.692. The van der Waals surface area contributed by atoms with E-state index in [9.17, 15) is 4.79 Å². The van der Waals surface area contributed by atoms with Gasteiger partial charge in [0.15, 0.2) is 5.69 Å². The summed E-state index contributed by atoms with van der Waals surface area (Å²) in [7, 11) is 1.61. The molecule has 1 heterocycles. The number of rotatable bonds is 7. The first-order valence-corrected chi connectivity index (χ1v) is 6.87. The molecule has 2 rings (SSSR count). The molecule has 1 atom stereocenters. The Morgan fingerprint density at radius 2 is 2.36 bits per heavy atom. The Kier molecular flexibility index (Phi) is 5.51. The van der Waals surface area contributed by atoms with Crippen LogP contribution in [0, 0.1) is 0 Å². The van der Waals surface area contributed by atoms with Crippen molar-refractivity contribution >= 4 is 5.91 Å². The molecule has 0 fully saturated rings. The van der Waals surface area contributed by atoms with Gasteiger partial charge in [-0.05, 0) is 24.1 Å². The number of aliphatic hydroxyl groups is 1. The molecular weight excluding hydrogens is 286 g/mol. The average molecular weight is 305 g/mol. The highest BCUT2D eigenvalue weighted by molar-refractivity contribution is 5.91. The zero-order valence-electron chi connectivity index (χ0n) is 12.3. The van der Waals surface area contributed by atoms with Gasteiger partial charge in [0.2, 0.25) is 5.89 Å². The molecule has 0 aliphatic rings. The van der Waals surface area contributed by atoms with E-state index in [1.807, 2.05) is 24.3 Å². The van der Waals surface area contributed by atoms with Gasteiger partial charge in [-0.3, -0.25) is 4.79 Å². The van der Waals surface area contributed by atoms with E-state index in [4.69, 9.17) is 20.0 Å². The minimum absolute atomic E-state index is 0.139. The average Bonchev–Trinajstić information content (AvgIpc) is 3.04. The van der Waals surface area contributed by atoms with E-state index in [0.717, 1.165) is 11.3 Å². The third-order valence-electron chi connectivity index (χ3n) is 3.10. The summed E-state index contributed by atoms with van der Waals surface area (Å²) in [6.45, 7) is 0.164. The first-order chi connectivity index (χ1) is 10.6. The summed E-state index contributed by atoms with van der Waals surface area (Å²) in [5, 5.41) is 11.7. The Morgan fingerprint density at radius 3 is 3.09 bits per heavy atom. The molecule has 118 valence electrons. The summed E-state index contributed by atoms with van der Waals surface area (Å²) < 4.78 is 10.2. The van der Waals surface area contributed by atoms with Crippen molar-refractivity contribution in [1.82, 2.24) is 10.3 Å². The molecule has 4 N–H and O–H groups in total. The monoisotopic (exact) mass is 305 g/mol. The molecule has 0 bridgehead atoms. The molecule has 1 aromatic heterocycles. The van der Waals surface area contributed by atoms with Crippen molar-refractivity contribution in [2.45, 2.75) is 12.5 Å². The number of benzene rings is 1. The molecule has 1 amide bonds. The lowest BCUT2D eigenvalue weighted by Gasteiger charge is -2.05. The van der Waals surface area contributed by atoms with E-state index in [1.165, 1.54) is 6.26 Å². The molecule has 0 aliphatic heterocycles. The topological polar surface area (TPSA) is 111 Å². The number of nitrogens with zero attached hydrogens (tertiary/aromatic N) is 1. The van der Waals surface area contributed by atoms with Crippen molar-refractivity contribution in [3.8, 4) is 5.75 Å². The second-order valence-electron chi connectivity index (χ2n) is 4.72. The lowest BCUT2D eigenvalue weighted by Crippen LogP contribution is -2.26. The van der Waals surface area contributed by atoms with Crippen molar-refractivity contribution in [3.63, 3.8) is 0 Å². The minimum Gasteiger partial charge on any atom is -0.497 e. The number of oxazole rings is 1. The number of ether oxygens (including phenoxy) is 1. The molecule has 7 nitrogen and oxygen atoms in total. The van der Waals surface area contributed by atoms with E-state index in [2.05, 4.69) is 10.3 Å². The van der Waals surface area contributed by atoms with Gasteiger partial charge < -0.3 is 25.3 Å². The highest BCUT2D eigenvalue weighted by atomic mass is 16.5. The van der Waals surface area contributed by atoms with Crippen LogP contribution in [0.5, 0.6) is 5.75 Å². The van der Waals surface area contributed by atoms with Gasteiger partial charge in [-0.25, -0.2) is 4.98 Å². The van der Waals surface area contributed by atoms with Gasteiger partial charge in [-0.2, -0.15) is 0 Å². The highest BCUT2D eigenvalue weighted by Gasteiger charge is 2.16. The number of aliphatic hydroxyl groups excluding tert-OH is 1. The predicted molar refractivity (Wildman–Crippen MR) is 79.5 cm³/mol. The second-order valence-corrected chi connectivity index (χ2v) is 4.72. The lowest BCUT2D eigenvalue weighted by atomic mass is 10.1. The van der Waals surface area contributed by atoms with Gasteiger partial charge in [0, 0.05) is 6.54 Å². The predicted octanol–water partition coefficient (Wildman–Crippen LogP) is 0.648. The second kappa shape index (κ2) is 7.58. The van der Waals surface area contributed by atoms with E-state index >= 15 is 0 Å². The SMILES string of the molecule is COc1cccc(CCNC(=O)c2coc(C(N)CO)n2)c1. The van der Waals surface area contributed by atoms with Crippen LogP contribution in [0.25, 0.3) is 0 Å².